The fraction of sp³-hybridized carbons (Fsp3) is 0.333. The summed E-state index contributed by atoms with van der Waals surface area (Å²) in [4.78, 5) is 0. The molecule has 0 unspecified atom stereocenters. The fourth-order valence-electron chi connectivity index (χ4n) is 0.167. The summed E-state index contributed by atoms with van der Waals surface area (Å²) in [5.41, 5.74) is 0. The molecule has 0 amide bonds. The molecule has 14 heteroatoms. The van der Waals surface area contributed by atoms with E-state index < -0.39 is 0 Å². The predicted molar refractivity (Wildman–Crippen MR) is 27.7 cm³/mol. The van der Waals surface area contributed by atoms with Crippen molar-refractivity contribution < 1.29 is 458 Å². The van der Waals surface area contributed by atoms with E-state index in [2.05, 4.69) is 11.8 Å². The van der Waals surface area contributed by atoms with Gasteiger partial charge in [-0.2, -0.15) is 0 Å². The SMILES string of the molecule is C[CH-]C#C[CH-]C.[Y].[Y].[Y].[Y].[Y].[Y].[Y].[Y].[Y].[Y].[Y].[Y].[Y].[Y]. The zero-order valence-corrected chi connectivity index (χ0v) is 52.0. The smallest absolute Gasteiger partial charge is 0 e. The summed E-state index contributed by atoms with van der Waals surface area (Å²) in [6.45, 7) is 3.83. The van der Waals surface area contributed by atoms with Crippen molar-refractivity contribution in [2.45, 2.75) is 13.8 Å². The molecule has 0 saturated carbocycles. The average Bonchev–Trinajstić information content (AvgIpc) is 1.61. The van der Waals surface area contributed by atoms with Crippen molar-refractivity contribution >= 4 is 0 Å². The monoisotopic (exact) mass is 1320 g/mol. The third-order valence-electron chi connectivity index (χ3n) is 0.372. The minimum Gasteiger partial charge on any atom is -0.522 e. The maximum absolute atomic E-state index is 2.77. The van der Waals surface area contributed by atoms with E-state index in [1.807, 2.05) is 26.7 Å². The zero-order chi connectivity index (χ0) is 4.83. The van der Waals surface area contributed by atoms with Crippen molar-refractivity contribution in [2.24, 2.45) is 0 Å². The molecule has 0 spiro atoms. The summed E-state index contributed by atoms with van der Waals surface area (Å²) in [7, 11) is 0. The molecule has 0 N–H and O–H groups in total. The molecule has 0 nitrogen and oxygen atoms in total. The third-order valence-corrected chi connectivity index (χ3v) is 0.372. The van der Waals surface area contributed by atoms with Crippen LogP contribution in [0.5, 0.6) is 0 Å². The van der Waals surface area contributed by atoms with Crippen molar-refractivity contribution in [3.05, 3.63) is 12.8 Å². The quantitative estimate of drug-likeness (QED) is 0.255. The van der Waals surface area contributed by atoms with Gasteiger partial charge < -0.3 is 11.8 Å². The predicted octanol–water partition coefficient (Wildman–Crippen LogP) is 1.40. The van der Waals surface area contributed by atoms with Gasteiger partial charge in [-0.3, -0.25) is 12.8 Å². The van der Waals surface area contributed by atoms with Crippen LogP contribution in [-0.2, 0) is 458 Å². The van der Waals surface area contributed by atoms with Gasteiger partial charge >= 0.3 is 0 Å². The van der Waals surface area contributed by atoms with Gasteiger partial charge in [0.15, 0.2) is 0 Å². The van der Waals surface area contributed by atoms with Crippen LogP contribution >= 0.6 is 0 Å². The summed E-state index contributed by atoms with van der Waals surface area (Å²) >= 11 is 0. The Bertz CT molecular complexity index is 71.5. The van der Waals surface area contributed by atoms with Gasteiger partial charge in [0.25, 0.3) is 0 Å². The van der Waals surface area contributed by atoms with E-state index >= 15 is 0 Å². The normalized spacial score (nSPS) is 1.50. The number of hydrogen-bond donors (Lipinski definition) is 0. The Labute approximate surface area is 479 Å². The second kappa shape index (κ2) is 103. The van der Waals surface area contributed by atoms with Crippen LogP contribution in [0, 0.1) is 24.7 Å². The third kappa shape index (κ3) is 105. The molecule has 0 aliphatic carbocycles. The molecule has 20 heavy (non-hydrogen) atoms. The maximum atomic E-state index is 2.77. The molecular weight excluding hydrogens is 1320 g/mol. The maximum Gasteiger partial charge on any atom is 0 e. The summed E-state index contributed by atoms with van der Waals surface area (Å²) < 4.78 is 0. The Balaban J connectivity index is -0.00000000137. The summed E-state index contributed by atoms with van der Waals surface area (Å²) in [6.07, 6.45) is 3.64. The van der Waals surface area contributed by atoms with Gasteiger partial charge in [0.2, 0.25) is 0 Å². The first-order valence-corrected chi connectivity index (χ1v) is 1.98. The second-order valence-corrected chi connectivity index (χ2v) is 0.866. The van der Waals surface area contributed by atoms with Gasteiger partial charge in [-0.1, -0.05) is 0 Å². The molecule has 0 fully saturated rings. The van der Waals surface area contributed by atoms with E-state index in [4.69, 9.17) is 0 Å². The Morgan fingerprint density at radius 3 is 0.500 bits per heavy atom. The zero-order valence-electron chi connectivity index (χ0n) is 12.2. The van der Waals surface area contributed by atoms with E-state index in [1.165, 1.54) is 0 Å². The van der Waals surface area contributed by atoms with Crippen molar-refractivity contribution in [1.29, 1.82) is 0 Å². The van der Waals surface area contributed by atoms with E-state index in [-0.39, 0.29) is 458 Å². The molecule has 0 saturated heterocycles. The summed E-state index contributed by atoms with van der Waals surface area (Å²) in [5, 5.41) is 0. The van der Waals surface area contributed by atoms with Gasteiger partial charge in [-0.25, -0.2) is 0 Å². The van der Waals surface area contributed by atoms with Crippen LogP contribution in [0.4, 0.5) is 0 Å². The summed E-state index contributed by atoms with van der Waals surface area (Å²) in [6, 6.07) is 0. The van der Waals surface area contributed by atoms with Gasteiger partial charge in [0, 0.05) is 458 Å². The fourth-order valence-corrected chi connectivity index (χ4v) is 0.167. The Morgan fingerprint density at radius 1 is 0.350 bits per heavy atom. The van der Waals surface area contributed by atoms with Gasteiger partial charge in [0.1, 0.15) is 0 Å². The molecule has 76 valence electrons. The largest absolute Gasteiger partial charge is 0.522 e. The molecule has 0 aromatic carbocycles. The number of rotatable bonds is 0. The first kappa shape index (κ1) is 101. The molecule has 14 radical (unpaired) electrons. The Hall–Kier alpha value is 14.8. The van der Waals surface area contributed by atoms with Crippen LogP contribution in [0.2, 0.25) is 0 Å². The van der Waals surface area contributed by atoms with E-state index in [0.717, 1.165) is 0 Å². The van der Waals surface area contributed by atoms with Gasteiger partial charge in [-0.05, 0) is 0 Å². The van der Waals surface area contributed by atoms with Crippen LogP contribution in [0.1, 0.15) is 13.8 Å². The molecule has 0 aliphatic heterocycles. The second-order valence-electron chi connectivity index (χ2n) is 0.866. The first-order chi connectivity index (χ1) is 2.91. The molecule has 0 atom stereocenters. The van der Waals surface area contributed by atoms with Crippen LogP contribution in [-0.4, -0.2) is 0 Å². The molecular formula is C6H8Y14-2. The molecule has 0 rings (SSSR count). The minimum atomic E-state index is 0. The number of hydrogen-bond acceptors (Lipinski definition) is 0. The van der Waals surface area contributed by atoms with Gasteiger partial charge in [0.05, 0.1) is 0 Å². The van der Waals surface area contributed by atoms with Crippen molar-refractivity contribution in [2.75, 3.05) is 0 Å². The molecule has 0 aromatic rings. The van der Waals surface area contributed by atoms with E-state index in [0.29, 0.717) is 0 Å². The van der Waals surface area contributed by atoms with Crippen molar-refractivity contribution in [1.82, 2.24) is 0 Å². The standard InChI is InChI=1S/C6H8.14Y/c1-3-5-6-4-2;;;;;;;;;;;;;;/h3-4H,1-2H3;;;;;;;;;;;;;;/q-2;;;;;;;;;;;;;;. The van der Waals surface area contributed by atoms with Crippen molar-refractivity contribution in [3.8, 4) is 11.8 Å². The molecule has 0 heterocycles. The average molecular weight is 1320 g/mol. The molecule has 0 aliphatic rings. The first-order valence-electron chi connectivity index (χ1n) is 1.98. The Kier molecular flexibility index (Phi) is 522. The molecule has 0 aromatic heterocycles. The van der Waals surface area contributed by atoms with Crippen LogP contribution in [0.15, 0.2) is 0 Å². The topological polar surface area (TPSA) is 0 Å². The summed E-state index contributed by atoms with van der Waals surface area (Å²) in [5.74, 6) is 5.53. The minimum absolute atomic E-state index is 0. The van der Waals surface area contributed by atoms with E-state index in [9.17, 15) is 0 Å². The molecule has 0 bridgehead atoms. The van der Waals surface area contributed by atoms with Crippen molar-refractivity contribution in [3.63, 3.8) is 0 Å². The van der Waals surface area contributed by atoms with Gasteiger partial charge in [-0.15, -0.1) is 13.8 Å². The Morgan fingerprint density at radius 2 is 0.450 bits per heavy atom. The van der Waals surface area contributed by atoms with Crippen LogP contribution in [0.3, 0.4) is 0 Å². The van der Waals surface area contributed by atoms with Crippen LogP contribution < -0.4 is 0 Å². The van der Waals surface area contributed by atoms with Crippen LogP contribution in [0.25, 0.3) is 0 Å². The van der Waals surface area contributed by atoms with E-state index in [1.54, 1.807) is 0 Å².